The first-order valence-electron chi connectivity index (χ1n) is 10.1. The van der Waals surface area contributed by atoms with Gasteiger partial charge >= 0.3 is 0 Å². The van der Waals surface area contributed by atoms with Crippen molar-refractivity contribution in [3.8, 4) is 17.2 Å². The molecule has 158 valence electrons. The van der Waals surface area contributed by atoms with Crippen molar-refractivity contribution in [2.45, 2.75) is 64.5 Å². The van der Waals surface area contributed by atoms with Crippen molar-refractivity contribution in [1.29, 1.82) is 0 Å². The largest absolute Gasteiger partial charge is 0.493 e. The van der Waals surface area contributed by atoms with Crippen LogP contribution < -0.4 is 19.5 Å². The van der Waals surface area contributed by atoms with Crippen LogP contribution in [0.5, 0.6) is 17.2 Å². The number of aromatic nitrogens is 1. The Bertz CT molecular complexity index is 805. The molecule has 7 nitrogen and oxygen atoms in total. The molecule has 7 heteroatoms. The molecule has 0 bridgehead atoms. The van der Waals surface area contributed by atoms with Gasteiger partial charge in [0.05, 0.1) is 26.0 Å². The van der Waals surface area contributed by atoms with Crippen LogP contribution >= 0.6 is 0 Å². The summed E-state index contributed by atoms with van der Waals surface area (Å²) < 4.78 is 22.1. The lowest BCUT2D eigenvalue weighted by atomic mass is 9.92. The van der Waals surface area contributed by atoms with Gasteiger partial charge in [-0.1, -0.05) is 11.2 Å². The molecule has 2 aromatic rings. The average molecular weight is 402 g/mol. The molecule has 0 radical (unpaired) electrons. The molecule has 1 heterocycles. The van der Waals surface area contributed by atoms with Crippen molar-refractivity contribution in [3.63, 3.8) is 0 Å². The monoisotopic (exact) mass is 402 g/mol. The lowest BCUT2D eigenvalue weighted by Gasteiger charge is -2.30. The lowest BCUT2D eigenvalue weighted by Crippen LogP contribution is -2.39. The van der Waals surface area contributed by atoms with Crippen LogP contribution in [-0.4, -0.2) is 37.4 Å². The van der Waals surface area contributed by atoms with Gasteiger partial charge in [-0.25, -0.2) is 0 Å². The van der Waals surface area contributed by atoms with E-state index >= 15 is 0 Å². The SMILES string of the molecule is COc1cccc(OC2CCC(NC(=O)CCc3c(C)noc3C)CC2)c1OC. The summed E-state index contributed by atoms with van der Waals surface area (Å²) in [6.45, 7) is 3.79. The summed E-state index contributed by atoms with van der Waals surface area (Å²) in [5.41, 5.74) is 1.89. The average Bonchev–Trinajstić information content (AvgIpc) is 3.05. The van der Waals surface area contributed by atoms with Gasteiger partial charge in [0.25, 0.3) is 0 Å². The summed E-state index contributed by atoms with van der Waals surface area (Å²) in [6.07, 6.45) is 4.76. The molecular formula is C22H30N2O5. The molecule has 0 atom stereocenters. The lowest BCUT2D eigenvalue weighted by molar-refractivity contribution is -0.122. The van der Waals surface area contributed by atoms with Crippen LogP contribution in [0.3, 0.4) is 0 Å². The number of aryl methyl sites for hydroxylation is 2. The van der Waals surface area contributed by atoms with E-state index in [0.717, 1.165) is 42.7 Å². The van der Waals surface area contributed by atoms with Crippen LogP contribution in [0.25, 0.3) is 0 Å². The molecule has 0 saturated heterocycles. The van der Waals surface area contributed by atoms with Gasteiger partial charge < -0.3 is 24.1 Å². The van der Waals surface area contributed by atoms with Crippen LogP contribution in [0.4, 0.5) is 0 Å². The summed E-state index contributed by atoms with van der Waals surface area (Å²) in [5, 5.41) is 7.09. The fourth-order valence-electron chi connectivity index (χ4n) is 3.85. The summed E-state index contributed by atoms with van der Waals surface area (Å²) in [6, 6.07) is 5.82. The van der Waals surface area contributed by atoms with E-state index in [1.165, 1.54) is 0 Å². The molecule has 0 unspecified atom stereocenters. The Balaban J connectivity index is 1.45. The molecule has 1 aliphatic carbocycles. The number of nitrogens with zero attached hydrogens (tertiary/aromatic N) is 1. The van der Waals surface area contributed by atoms with E-state index in [0.29, 0.717) is 30.1 Å². The summed E-state index contributed by atoms with van der Waals surface area (Å²) in [4.78, 5) is 12.3. The van der Waals surface area contributed by atoms with Crippen molar-refractivity contribution in [3.05, 3.63) is 35.2 Å². The Morgan fingerprint density at radius 1 is 1.14 bits per heavy atom. The van der Waals surface area contributed by atoms with Crippen molar-refractivity contribution < 1.29 is 23.5 Å². The smallest absolute Gasteiger partial charge is 0.220 e. The van der Waals surface area contributed by atoms with E-state index < -0.39 is 0 Å². The molecular weight excluding hydrogens is 372 g/mol. The first-order chi connectivity index (χ1) is 14.0. The molecule has 0 aliphatic heterocycles. The number of carbonyl (C=O) groups is 1. The zero-order valence-electron chi connectivity index (χ0n) is 17.6. The van der Waals surface area contributed by atoms with Gasteiger partial charge in [-0.15, -0.1) is 0 Å². The maximum atomic E-state index is 12.3. The fraction of sp³-hybridized carbons (Fsp3) is 0.545. The zero-order chi connectivity index (χ0) is 20.8. The summed E-state index contributed by atoms with van der Waals surface area (Å²) in [5.74, 6) is 2.83. The number of hydrogen-bond donors (Lipinski definition) is 1. The highest BCUT2D eigenvalue weighted by Crippen LogP contribution is 2.38. The predicted octanol–water partition coefficient (Wildman–Crippen LogP) is 3.75. The van der Waals surface area contributed by atoms with Crippen molar-refractivity contribution in [2.75, 3.05) is 14.2 Å². The highest BCUT2D eigenvalue weighted by molar-refractivity contribution is 5.76. The first kappa shape index (κ1) is 21.0. The minimum absolute atomic E-state index is 0.0730. The Morgan fingerprint density at radius 3 is 2.48 bits per heavy atom. The minimum Gasteiger partial charge on any atom is -0.493 e. The number of amides is 1. The second-order valence-corrected chi connectivity index (χ2v) is 7.45. The maximum absolute atomic E-state index is 12.3. The van der Waals surface area contributed by atoms with Gasteiger partial charge in [-0.05, 0) is 58.1 Å². The summed E-state index contributed by atoms with van der Waals surface area (Å²) in [7, 11) is 3.22. The molecule has 0 spiro atoms. The number of benzene rings is 1. The summed E-state index contributed by atoms with van der Waals surface area (Å²) >= 11 is 0. The molecule has 1 amide bonds. The normalized spacial score (nSPS) is 18.9. The molecule has 1 N–H and O–H groups in total. The second kappa shape index (κ2) is 9.67. The third kappa shape index (κ3) is 5.22. The van der Waals surface area contributed by atoms with Gasteiger partial charge in [-0.2, -0.15) is 0 Å². The topological polar surface area (TPSA) is 82.8 Å². The third-order valence-electron chi connectivity index (χ3n) is 5.48. The molecule has 1 aromatic carbocycles. The number of rotatable bonds is 8. The van der Waals surface area contributed by atoms with Crippen LogP contribution in [0.15, 0.2) is 22.7 Å². The highest BCUT2D eigenvalue weighted by Gasteiger charge is 2.25. The van der Waals surface area contributed by atoms with Crippen LogP contribution in [-0.2, 0) is 11.2 Å². The fourth-order valence-corrected chi connectivity index (χ4v) is 3.85. The molecule has 29 heavy (non-hydrogen) atoms. The van der Waals surface area contributed by atoms with E-state index in [1.807, 2.05) is 32.0 Å². The van der Waals surface area contributed by atoms with E-state index in [-0.39, 0.29) is 18.1 Å². The van der Waals surface area contributed by atoms with Crippen LogP contribution in [0, 0.1) is 13.8 Å². The van der Waals surface area contributed by atoms with Gasteiger partial charge in [0.2, 0.25) is 11.7 Å². The van der Waals surface area contributed by atoms with Gasteiger partial charge in [0.1, 0.15) is 5.76 Å². The third-order valence-corrected chi connectivity index (χ3v) is 5.48. The van der Waals surface area contributed by atoms with E-state index in [4.69, 9.17) is 18.7 Å². The van der Waals surface area contributed by atoms with E-state index in [9.17, 15) is 4.79 Å². The van der Waals surface area contributed by atoms with Crippen molar-refractivity contribution >= 4 is 5.91 Å². The molecule has 1 saturated carbocycles. The van der Waals surface area contributed by atoms with Crippen LogP contribution in [0.1, 0.15) is 49.1 Å². The quantitative estimate of drug-likeness (QED) is 0.724. The number of ether oxygens (including phenoxy) is 3. The van der Waals surface area contributed by atoms with Gasteiger partial charge in [0.15, 0.2) is 11.5 Å². The Morgan fingerprint density at radius 2 is 1.86 bits per heavy atom. The standard InChI is InChI=1S/C22H30N2O5/c1-14-18(15(2)29-24-14)12-13-21(25)23-16-8-10-17(11-9-16)28-20-7-5-6-19(26-3)22(20)27-4/h5-7,16-17H,8-13H2,1-4H3,(H,23,25). The van der Waals surface area contributed by atoms with E-state index in [2.05, 4.69) is 10.5 Å². The minimum atomic E-state index is 0.0730. The number of carbonyl (C=O) groups excluding carboxylic acids is 1. The first-order valence-corrected chi connectivity index (χ1v) is 10.1. The van der Waals surface area contributed by atoms with E-state index in [1.54, 1.807) is 14.2 Å². The number of para-hydroxylation sites is 1. The van der Waals surface area contributed by atoms with Crippen LogP contribution in [0.2, 0.25) is 0 Å². The Kier molecular flexibility index (Phi) is 7.01. The number of nitrogens with one attached hydrogen (secondary N) is 1. The Hall–Kier alpha value is -2.70. The molecule has 3 rings (SSSR count). The van der Waals surface area contributed by atoms with Crippen molar-refractivity contribution in [1.82, 2.24) is 10.5 Å². The molecule has 1 fully saturated rings. The maximum Gasteiger partial charge on any atom is 0.220 e. The van der Waals surface area contributed by atoms with Gasteiger partial charge in [0, 0.05) is 18.0 Å². The predicted molar refractivity (Wildman–Crippen MR) is 109 cm³/mol. The second-order valence-electron chi connectivity index (χ2n) is 7.45. The number of methoxy groups -OCH3 is 2. The van der Waals surface area contributed by atoms with Gasteiger partial charge in [-0.3, -0.25) is 4.79 Å². The zero-order valence-corrected chi connectivity index (χ0v) is 17.6. The molecule has 1 aromatic heterocycles. The highest BCUT2D eigenvalue weighted by atomic mass is 16.5. The number of hydrogen-bond acceptors (Lipinski definition) is 6. The molecule has 1 aliphatic rings. The van der Waals surface area contributed by atoms with Crippen molar-refractivity contribution in [2.24, 2.45) is 0 Å². The Labute approximate surface area is 171 Å².